The van der Waals surface area contributed by atoms with E-state index in [0.29, 0.717) is 0 Å². The zero-order chi connectivity index (χ0) is 25.3. The number of hydrogen-bond acceptors (Lipinski definition) is 5. The van der Waals surface area contributed by atoms with Crippen LogP contribution in [0.3, 0.4) is 0 Å². The smallest absolute Gasteiger partial charge is 1.00 e. The van der Waals surface area contributed by atoms with Crippen LogP contribution in [0.4, 0.5) is 0 Å². The molecule has 6 rings (SSSR count). The van der Waals surface area contributed by atoms with Crippen LogP contribution in [-0.2, 0) is 16.2 Å². The molecule has 2 heterocycles. The molecule has 0 aliphatic carbocycles. The van der Waals surface area contributed by atoms with Crippen molar-refractivity contribution >= 4 is 45.6 Å². The predicted molar refractivity (Wildman–Crippen MR) is 150 cm³/mol. The third kappa shape index (κ3) is 7.65. The first kappa shape index (κ1) is 30.5. The molecule has 4 aromatic carbocycles. The Labute approximate surface area is 244 Å². The van der Waals surface area contributed by atoms with Crippen molar-refractivity contribution in [1.82, 2.24) is 19.9 Å². The number of H-pyrrole nitrogens is 2. The number of aliphatic hydroxyl groups excluding tert-OH is 1. The molecule has 0 unspecified atom stereocenters. The molecule has 0 aliphatic heterocycles. The van der Waals surface area contributed by atoms with Crippen LogP contribution >= 0.6 is 0 Å². The molecule has 3 N–H and O–H groups in total. The van der Waals surface area contributed by atoms with E-state index in [2.05, 4.69) is 51.1 Å². The summed E-state index contributed by atoms with van der Waals surface area (Å²) in [7, 11) is 0. The molecule has 0 bridgehead atoms. The Balaban J connectivity index is 0.000000332. The van der Waals surface area contributed by atoms with Crippen molar-refractivity contribution in [2.45, 2.75) is 13.5 Å². The van der Waals surface area contributed by atoms with E-state index in [4.69, 9.17) is 14.7 Å². The standard InChI is InChI=1S/C14H12N2O.C14H12N2.CO2.Al.Li.4H/c17-9-10-6-7-12-13(8-10)16-14(15-12)11-4-2-1-3-5-11;1-10-7-8-12-13(9-10)16-14(15-12)11-5-3-2-4-6-11;2-1-3;;;;;;/h1-8,17H,9H2,(H,15,16);2-9H,1H3,(H,15,16);;;;;;;/q;;;;+1;;;;-1. The number of hydrogen-bond donors (Lipinski definition) is 3. The Bertz CT molecular complexity index is 1620. The molecular weight excluding hydrogens is 486 g/mol. The van der Waals surface area contributed by atoms with Gasteiger partial charge in [-0.1, -0.05) is 72.8 Å². The second-order valence-corrected chi connectivity index (χ2v) is 8.02. The minimum Gasteiger partial charge on any atom is -1.00 e. The maximum atomic E-state index is 9.09. The van der Waals surface area contributed by atoms with Gasteiger partial charge in [0.15, 0.2) is 17.4 Å². The van der Waals surface area contributed by atoms with Gasteiger partial charge in [0, 0.05) is 11.1 Å². The number of imidazole rings is 2. The van der Waals surface area contributed by atoms with Crippen LogP contribution in [0, 0.1) is 6.92 Å². The summed E-state index contributed by atoms with van der Waals surface area (Å²) in [5.74, 6) is 1.79. The van der Waals surface area contributed by atoms with Gasteiger partial charge in [0.2, 0.25) is 0 Å². The van der Waals surface area contributed by atoms with E-state index < -0.39 is 0 Å². The Morgan fingerprint density at radius 2 is 1.18 bits per heavy atom. The second-order valence-electron chi connectivity index (χ2n) is 8.02. The molecule has 0 fully saturated rings. The van der Waals surface area contributed by atoms with Gasteiger partial charge < -0.3 is 16.5 Å². The Morgan fingerprint density at radius 3 is 1.66 bits per heavy atom. The molecule has 6 aromatic rings. The van der Waals surface area contributed by atoms with Crippen molar-refractivity contribution in [2.24, 2.45) is 0 Å². The molecule has 7 nitrogen and oxygen atoms in total. The van der Waals surface area contributed by atoms with Gasteiger partial charge in [-0.05, 0) is 42.3 Å². The maximum absolute atomic E-state index is 9.09. The van der Waals surface area contributed by atoms with Gasteiger partial charge in [-0.15, -0.1) is 0 Å². The Morgan fingerprint density at radius 1 is 0.737 bits per heavy atom. The van der Waals surface area contributed by atoms with Gasteiger partial charge in [-0.3, -0.25) is 0 Å². The van der Waals surface area contributed by atoms with Gasteiger partial charge >= 0.3 is 25.0 Å². The quantitative estimate of drug-likeness (QED) is 0.311. The number of aromatic amines is 2. The van der Waals surface area contributed by atoms with Crippen molar-refractivity contribution in [1.29, 1.82) is 0 Å². The fraction of sp³-hybridized carbons (Fsp3) is 0.0690. The van der Waals surface area contributed by atoms with E-state index in [1.807, 2.05) is 72.8 Å². The average Bonchev–Trinajstić information content (AvgIpc) is 3.54. The van der Waals surface area contributed by atoms with E-state index in [9.17, 15) is 0 Å². The van der Waals surface area contributed by atoms with Crippen molar-refractivity contribution in [3.05, 3.63) is 108 Å². The van der Waals surface area contributed by atoms with Crippen molar-refractivity contribution in [2.75, 3.05) is 0 Å². The largest absolute Gasteiger partial charge is 1.00 e. The normalized spacial score (nSPS) is 9.63. The zero-order valence-electron chi connectivity index (χ0n) is 21.6. The van der Waals surface area contributed by atoms with Gasteiger partial charge in [0.1, 0.15) is 11.6 Å². The monoisotopic (exact) mass is 514 g/mol. The van der Waals surface area contributed by atoms with Crippen LogP contribution in [-0.4, -0.2) is 48.6 Å². The fourth-order valence-electron chi connectivity index (χ4n) is 3.74. The minimum absolute atomic E-state index is 0. The Kier molecular flexibility index (Phi) is 12.0. The molecule has 0 aliphatic rings. The summed E-state index contributed by atoms with van der Waals surface area (Å²) in [6.45, 7) is 2.14. The number of fused-ring (bicyclic) bond motifs is 2. The molecule has 0 saturated heterocycles. The van der Waals surface area contributed by atoms with Crippen LogP contribution in [0.2, 0.25) is 0 Å². The predicted octanol–water partition coefficient (Wildman–Crippen LogP) is 1.61. The first-order valence-electron chi connectivity index (χ1n) is 11.3. The van der Waals surface area contributed by atoms with Gasteiger partial charge in [-0.2, -0.15) is 9.59 Å². The number of carbonyl (C=O) groups excluding carboxylic acids is 2. The van der Waals surface area contributed by atoms with Crippen molar-refractivity contribution < 1.29 is 35.0 Å². The van der Waals surface area contributed by atoms with E-state index in [-0.39, 0.29) is 50.4 Å². The number of nitrogens with zero attached hydrogens (tertiary/aromatic N) is 2. The molecule has 0 radical (unpaired) electrons. The molecule has 0 spiro atoms. The Hall–Kier alpha value is -3.71. The molecule has 38 heavy (non-hydrogen) atoms. The summed E-state index contributed by atoms with van der Waals surface area (Å²) in [5, 5.41) is 9.09. The summed E-state index contributed by atoms with van der Waals surface area (Å²) >= 11 is 0. The SMILES string of the molecule is Cc1ccc2nc(-c3ccccc3)[nH]c2c1.O=C=O.OCc1ccc2nc(-c3ccccc3)[nH]c2c1.[AlH3].[H-].[Li+]. The third-order valence-corrected chi connectivity index (χ3v) is 5.46. The molecule has 0 atom stereocenters. The summed E-state index contributed by atoms with van der Waals surface area (Å²) in [6.07, 6.45) is 0.250. The summed E-state index contributed by atoms with van der Waals surface area (Å²) in [4.78, 5) is 31.9. The molecule has 0 saturated carbocycles. The molecule has 9 heteroatoms. The molecular formula is C29H28AlLiN4O3. The number of aliphatic hydroxyl groups is 1. The first-order valence-corrected chi connectivity index (χ1v) is 11.3. The van der Waals surface area contributed by atoms with Crippen LogP contribution in [0.25, 0.3) is 44.8 Å². The third-order valence-electron chi connectivity index (χ3n) is 5.46. The summed E-state index contributed by atoms with van der Waals surface area (Å²) in [6, 6.07) is 32.2. The average molecular weight is 514 g/mol. The fourth-order valence-corrected chi connectivity index (χ4v) is 3.74. The van der Waals surface area contributed by atoms with E-state index in [1.165, 1.54) is 5.56 Å². The van der Waals surface area contributed by atoms with Gasteiger partial charge in [0.05, 0.1) is 28.7 Å². The number of aryl methyl sites for hydroxylation is 1. The second kappa shape index (κ2) is 14.9. The summed E-state index contributed by atoms with van der Waals surface area (Å²) in [5.41, 5.74) is 8.31. The van der Waals surface area contributed by atoms with Crippen LogP contribution in [0.1, 0.15) is 12.6 Å². The van der Waals surface area contributed by atoms with Crippen LogP contribution in [0.5, 0.6) is 0 Å². The molecule has 0 amide bonds. The van der Waals surface area contributed by atoms with E-state index in [0.717, 1.165) is 50.4 Å². The number of benzene rings is 4. The maximum Gasteiger partial charge on any atom is 1.00 e. The van der Waals surface area contributed by atoms with Gasteiger partial charge in [-0.25, -0.2) is 9.97 Å². The van der Waals surface area contributed by atoms with Gasteiger partial charge in [0.25, 0.3) is 0 Å². The first-order chi connectivity index (χ1) is 17.6. The van der Waals surface area contributed by atoms with Crippen LogP contribution < -0.4 is 18.9 Å². The number of nitrogens with one attached hydrogen (secondary N) is 2. The molecule has 186 valence electrons. The number of rotatable bonds is 3. The topological polar surface area (TPSA) is 112 Å². The van der Waals surface area contributed by atoms with E-state index >= 15 is 0 Å². The zero-order valence-corrected chi connectivity index (χ0v) is 20.6. The van der Waals surface area contributed by atoms with Crippen molar-refractivity contribution in [3.8, 4) is 22.8 Å². The summed E-state index contributed by atoms with van der Waals surface area (Å²) < 4.78 is 0. The minimum atomic E-state index is 0. The van der Waals surface area contributed by atoms with E-state index in [1.54, 1.807) is 0 Å². The number of aromatic nitrogens is 4. The molecule has 2 aromatic heterocycles. The van der Waals surface area contributed by atoms with Crippen molar-refractivity contribution in [3.63, 3.8) is 0 Å². The van der Waals surface area contributed by atoms with Crippen LogP contribution in [0.15, 0.2) is 97.1 Å².